The number of carbonyl (C=O) groups is 1. The summed E-state index contributed by atoms with van der Waals surface area (Å²) in [6.07, 6.45) is 2.15. The van der Waals surface area contributed by atoms with Gasteiger partial charge in [0.05, 0.1) is 12.8 Å². The molecule has 4 heteroatoms. The smallest absolute Gasteiger partial charge is 0.263 e. The zero-order valence-corrected chi connectivity index (χ0v) is 11.7. The molecule has 0 saturated heterocycles. The third-order valence-corrected chi connectivity index (χ3v) is 3.47. The van der Waals surface area contributed by atoms with Gasteiger partial charge in [0.2, 0.25) is 0 Å². The fourth-order valence-electron chi connectivity index (χ4n) is 2.32. The molecule has 0 saturated carbocycles. The molecule has 4 nitrogen and oxygen atoms in total. The summed E-state index contributed by atoms with van der Waals surface area (Å²) in [6.45, 7) is 3.89. The van der Waals surface area contributed by atoms with Crippen molar-refractivity contribution in [1.29, 1.82) is 0 Å². The SMILES string of the molecule is COc1ccc2c(c1)C(O)(CC=C(C)C)C(=O)N2C. The number of fused-ring (bicyclic) bond motifs is 1. The van der Waals surface area contributed by atoms with E-state index in [2.05, 4.69) is 0 Å². The highest BCUT2D eigenvalue weighted by atomic mass is 16.5. The van der Waals surface area contributed by atoms with E-state index < -0.39 is 5.60 Å². The van der Waals surface area contributed by atoms with Gasteiger partial charge in [0.25, 0.3) is 5.91 Å². The molecule has 0 aromatic heterocycles. The Morgan fingerprint density at radius 1 is 1.47 bits per heavy atom. The monoisotopic (exact) mass is 261 g/mol. The summed E-state index contributed by atoms with van der Waals surface area (Å²) in [7, 11) is 3.24. The number of allylic oxidation sites excluding steroid dienone is 1. The lowest BCUT2D eigenvalue weighted by Crippen LogP contribution is -2.38. The highest BCUT2D eigenvalue weighted by molar-refractivity contribution is 6.06. The van der Waals surface area contributed by atoms with Crippen molar-refractivity contribution in [2.24, 2.45) is 0 Å². The van der Waals surface area contributed by atoms with Crippen molar-refractivity contribution in [2.45, 2.75) is 25.9 Å². The molecular weight excluding hydrogens is 242 g/mol. The fourth-order valence-corrected chi connectivity index (χ4v) is 2.32. The topological polar surface area (TPSA) is 49.8 Å². The van der Waals surface area contributed by atoms with E-state index in [4.69, 9.17) is 4.74 Å². The summed E-state index contributed by atoms with van der Waals surface area (Å²) in [6, 6.07) is 5.32. The van der Waals surface area contributed by atoms with Gasteiger partial charge in [0, 0.05) is 19.0 Å². The number of hydrogen-bond donors (Lipinski definition) is 1. The van der Waals surface area contributed by atoms with Crippen LogP contribution in [0.15, 0.2) is 29.8 Å². The van der Waals surface area contributed by atoms with Gasteiger partial charge in [0.15, 0.2) is 5.60 Å². The predicted molar refractivity (Wildman–Crippen MR) is 74.3 cm³/mol. The number of rotatable bonds is 3. The Labute approximate surface area is 113 Å². The fraction of sp³-hybridized carbons (Fsp3) is 0.400. The van der Waals surface area contributed by atoms with Crippen LogP contribution in [0.25, 0.3) is 0 Å². The number of aliphatic hydroxyl groups is 1. The molecule has 1 aromatic rings. The van der Waals surface area contributed by atoms with Crippen LogP contribution in [0.4, 0.5) is 5.69 Å². The van der Waals surface area contributed by atoms with Gasteiger partial charge >= 0.3 is 0 Å². The molecule has 19 heavy (non-hydrogen) atoms. The normalized spacial score (nSPS) is 21.3. The quantitative estimate of drug-likeness (QED) is 0.849. The number of likely N-dealkylation sites (N-methyl/N-ethyl adjacent to an activating group) is 1. The minimum Gasteiger partial charge on any atom is -0.497 e. The van der Waals surface area contributed by atoms with E-state index in [9.17, 15) is 9.90 Å². The van der Waals surface area contributed by atoms with Crippen molar-refractivity contribution in [3.8, 4) is 5.75 Å². The highest BCUT2D eigenvalue weighted by Crippen LogP contribution is 2.43. The number of hydrogen-bond acceptors (Lipinski definition) is 3. The number of amides is 1. The number of nitrogens with zero attached hydrogens (tertiary/aromatic N) is 1. The first kappa shape index (κ1) is 13.6. The molecule has 1 aliphatic rings. The Morgan fingerprint density at radius 2 is 2.16 bits per heavy atom. The Morgan fingerprint density at radius 3 is 2.74 bits per heavy atom. The molecule has 1 atom stereocenters. The Bertz CT molecular complexity index is 546. The van der Waals surface area contributed by atoms with Crippen LogP contribution < -0.4 is 9.64 Å². The van der Waals surface area contributed by atoms with E-state index in [1.54, 1.807) is 32.4 Å². The third kappa shape index (κ3) is 2.12. The van der Waals surface area contributed by atoms with Crippen LogP contribution in [-0.2, 0) is 10.4 Å². The van der Waals surface area contributed by atoms with Gasteiger partial charge in [-0.25, -0.2) is 0 Å². The molecule has 1 heterocycles. The largest absolute Gasteiger partial charge is 0.497 e. The van der Waals surface area contributed by atoms with E-state index in [-0.39, 0.29) is 12.3 Å². The summed E-state index contributed by atoms with van der Waals surface area (Å²) in [5.74, 6) is 0.339. The second-order valence-electron chi connectivity index (χ2n) is 5.09. The maximum absolute atomic E-state index is 12.3. The molecule has 1 amide bonds. The minimum absolute atomic E-state index is 0.276. The summed E-state index contributed by atoms with van der Waals surface area (Å²) < 4.78 is 5.17. The molecule has 0 aliphatic carbocycles. The molecule has 102 valence electrons. The second-order valence-corrected chi connectivity index (χ2v) is 5.09. The van der Waals surface area contributed by atoms with Crippen LogP contribution in [0.3, 0.4) is 0 Å². The third-order valence-electron chi connectivity index (χ3n) is 3.47. The van der Waals surface area contributed by atoms with Crippen LogP contribution in [0.2, 0.25) is 0 Å². The van der Waals surface area contributed by atoms with Gasteiger partial charge in [-0.05, 0) is 32.0 Å². The zero-order chi connectivity index (χ0) is 14.2. The number of benzene rings is 1. The Kier molecular flexibility index (Phi) is 3.37. The van der Waals surface area contributed by atoms with Crippen LogP contribution >= 0.6 is 0 Å². The lowest BCUT2D eigenvalue weighted by molar-refractivity contribution is -0.135. The van der Waals surface area contributed by atoms with E-state index in [1.807, 2.05) is 19.9 Å². The van der Waals surface area contributed by atoms with Gasteiger partial charge in [-0.3, -0.25) is 4.79 Å². The van der Waals surface area contributed by atoms with Crippen LogP contribution in [0, 0.1) is 0 Å². The van der Waals surface area contributed by atoms with E-state index >= 15 is 0 Å². The standard InChI is InChI=1S/C15H19NO3/c1-10(2)7-8-15(18)12-9-11(19-4)5-6-13(12)16(3)14(15)17/h5-7,9,18H,8H2,1-4H3. The highest BCUT2D eigenvalue weighted by Gasteiger charge is 2.47. The molecular formula is C15H19NO3. The number of ether oxygens (including phenoxy) is 1. The molecule has 1 aliphatic heterocycles. The van der Waals surface area contributed by atoms with Crippen molar-refractivity contribution in [1.82, 2.24) is 0 Å². The molecule has 0 radical (unpaired) electrons. The van der Waals surface area contributed by atoms with E-state index in [0.29, 0.717) is 11.3 Å². The molecule has 1 unspecified atom stereocenters. The summed E-state index contributed by atoms with van der Waals surface area (Å²) in [5, 5.41) is 10.8. The van der Waals surface area contributed by atoms with Gasteiger partial charge in [-0.2, -0.15) is 0 Å². The number of anilines is 1. The van der Waals surface area contributed by atoms with Gasteiger partial charge in [-0.1, -0.05) is 11.6 Å². The summed E-state index contributed by atoms with van der Waals surface area (Å²) >= 11 is 0. The van der Waals surface area contributed by atoms with E-state index in [0.717, 1.165) is 11.3 Å². The first-order valence-electron chi connectivity index (χ1n) is 6.22. The average Bonchev–Trinajstić information content (AvgIpc) is 2.59. The lowest BCUT2D eigenvalue weighted by atomic mass is 9.91. The van der Waals surface area contributed by atoms with Crippen molar-refractivity contribution >= 4 is 11.6 Å². The minimum atomic E-state index is -1.49. The lowest BCUT2D eigenvalue weighted by Gasteiger charge is -2.20. The number of carbonyl (C=O) groups excluding carboxylic acids is 1. The number of methoxy groups -OCH3 is 1. The zero-order valence-electron chi connectivity index (χ0n) is 11.7. The molecule has 1 aromatic carbocycles. The van der Waals surface area contributed by atoms with E-state index in [1.165, 1.54) is 4.90 Å². The van der Waals surface area contributed by atoms with Crippen molar-refractivity contribution in [2.75, 3.05) is 19.1 Å². The van der Waals surface area contributed by atoms with Gasteiger partial charge in [-0.15, -0.1) is 0 Å². The van der Waals surface area contributed by atoms with Crippen molar-refractivity contribution < 1.29 is 14.6 Å². The molecule has 0 spiro atoms. The van der Waals surface area contributed by atoms with Crippen LogP contribution in [0.1, 0.15) is 25.8 Å². The molecule has 1 N–H and O–H groups in total. The summed E-state index contributed by atoms with van der Waals surface area (Å²) in [5.41, 5.74) is 0.920. The van der Waals surface area contributed by atoms with Crippen LogP contribution in [-0.4, -0.2) is 25.2 Å². The summed E-state index contributed by atoms with van der Waals surface area (Å²) in [4.78, 5) is 13.8. The van der Waals surface area contributed by atoms with Gasteiger partial charge < -0.3 is 14.7 Å². The van der Waals surface area contributed by atoms with Crippen molar-refractivity contribution in [3.63, 3.8) is 0 Å². The molecule has 0 fully saturated rings. The van der Waals surface area contributed by atoms with Crippen molar-refractivity contribution in [3.05, 3.63) is 35.4 Å². The van der Waals surface area contributed by atoms with Crippen LogP contribution in [0.5, 0.6) is 5.75 Å². The first-order valence-corrected chi connectivity index (χ1v) is 6.22. The molecule has 2 rings (SSSR count). The Balaban J connectivity index is 2.52. The predicted octanol–water partition coefficient (Wildman–Crippen LogP) is 2.22. The van der Waals surface area contributed by atoms with Gasteiger partial charge in [0.1, 0.15) is 5.75 Å². The molecule has 0 bridgehead atoms. The first-order chi connectivity index (χ1) is 8.90. The second kappa shape index (κ2) is 4.70. The average molecular weight is 261 g/mol. The maximum atomic E-state index is 12.3. The maximum Gasteiger partial charge on any atom is 0.263 e. The Hall–Kier alpha value is -1.81.